The smallest absolute Gasteiger partial charge is 0.0764 e. The van der Waals surface area contributed by atoms with E-state index in [9.17, 15) is 10.2 Å². The Bertz CT molecular complexity index is 549. The van der Waals surface area contributed by atoms with Crippen LogP contribution in [0.15, 0.2) is 48.5 Å². The molecule has 2 nitrogen and oxygen atoms in total. The van der Waals surface area contributed by atoms with E-state index < -0.39 is 12.2 Å². The van der Waals surface area contributed by atoms with Gasteiger partial charge in [0.25, 0.3) is 0 Å². The Labute approximate surface area is 139 Å². The number of rotatable bonds is 8. The first-order chi connectivity index (χ1) is 11.1. The third-order valence-corrected chi connectivity index (χ3v) is 4.40. The van der Waals surface area contributed by atoms with Crippen molar-refractivity contribution in [2.24, 2.45) is 0 Å². The Morgan fingerprint density at radius 3 is 1.43 bits per heavy atom. The van der Waals surface area contributed by atoms with E-state index in [0.717, 1.165) is 43.2 Å². The van der Waals surface area contributed by atoms with Crippen LogP contribution in [-0.4, -0.2) is 10.2 Å². The van der Waals surface area contributed by atoms with Gasteiger partial charge in [-0.05, 0) is 61.8 Å². The molecule has 0 aliphatic heterocycles. The van der Waals surface area contributed by atoms with Crippen molar-refractivity contribution in [2.75, 3.05) is 0 Å². The molecule has 0 spiro atoms. The van der Waals surface area contributed by atoms with E-state index >= 15 is 0 Å². The van der Waals surface area contributed by atoms with Gasteiger partial charge in [0.15, 0.2) is 0 Å². The van der Waals surface area contributed by atoms with Gasteiger partial charge in [-0.3, -0.25) is 0 Å². The van der Waals surface area contributed by atoms with Gasteiger partial charge in [-0.25, -0.2) is 0 Å². The standard InChI is InChI=1S/C21H28O2/c1-16(22)20-14-8-6-12-18(20)10-4-3-5-11-19-13-7-9-15-21(19)17(2)23/h6-9,12-17,22-23H,3-5,10-11H2,1-2H3. The van der Waals surface area contributed by atoms with Gasteiger partial charge < -0.3 is 10.2 Å². The minimum absolute atomic E-state index is 0.399. The van der Waals surface area contributed by atoms with Gasteiger partial charge in [0.05, 0.1) is 12.2 Å². The zero-order chi connectivity index (χ0) is 16.7. The maximum Gasteiger partial charge on any atom is 0.0764 e. The average Bonchev–Trinajstić information content (AvgIpc) is 2.55. The van der Waals surface area contributed by atoms with Crippen LogP contribution >= 0.6 is 0 Å². The van der Waals surface area contributed by atoms with Crippen LogP contribution in [0.4, 0.5) is 0 Å². The monoisotopic (exact) mass is 312 g/mol. The SMILES string of the molecule is CC(O)c1ccccc1CCCCCc1ccccc1C(C)O. The Morgan fingerprint density at radius 1 is 0.652 bits per heavy atom. The van der Waals surface area contributed by atoms with Crippen LogP contribution in [0.1, 0.15) is 67.6 Å². The summed E-state index contributed by atoms with van der Waals surface area (Å²) < 4.78 is 0. The number of unbranched alkanes of at least 4 members (excludes halogenated alkanes) is 2. The molecule has 124 valence electrons. The second-order valence-corrected chi connectivity index (χ2v) is 6.31. The maximum absolute atomic E-state index is 9.81. The molecular weight excluding hydrogens is 284 g/mol. The van der Waals surface area contributed by atoms with Gasteiger partial charge in [0, 0.05) is 0 Å². The maximum atomic E-state index is 9.81. The molecule has 0 aliphatic carbocycles. The molecule has 0 saturated carbocycles. The largest absolute Gasteiger partial charge is 0.389 e. The van der Waals surface area contributed by atoms with Crippen LogP contribution in [0.3, 0.4) is 0 Å². The number of aliphatic hydroxyl groups excluding tert-OH is 2. The van der Waals surface area contributed by atoms with E-state index in [1.165, 1.54) is 11.1 Å². The van der Waals surface area contributed by atoms with Crippen LogP contribution in [0, 0.1) is 0 Å². The Hall–Kier alpha value is -1.64. The van der Waals surface area contributed by atoms with Crippen LogP contribution < -0.4 is 0 Å². The van der Waals surface area contributed by atoms with Gasteiger partial charge in [-0.1, -0.05) is 55.0 Å². The van der Waals surface area contributed by atoms with Gasteiger partial charge in [-0.15, -0.1) is 0 Å². The van der Waals surface area contributed by atoms with E-state index in [0.29, 0.717) is 0 Å². The molecule has 0 bridgehead atoms. The molecule has 2 aromatic carbocycles. The summed E-state index contributed by atoms with van der Waals surface area (Å²) in [6, 6.07) is 16.3. The predicted molar refractivity (Wildman–Crippen MR) is 95.4 cm³/mol. The highest BCUT2D eigenvalue weighted by Gasteiger charge is 2.08. The van der Waals surface area contributed by atoms with Gasteiger partial charge >= 0.3 is 0 Å². The Kier molecular flexibility index (Phi) is 6.82. The number of aryl methyl sites for hydroxylation is 2. The quantitative estimate of drug-likeness (QED) is 0.691. The topological polar surface area (TPSA) is 40.5 Å². The molecule has 0 aliphatic rings. The lowest BCUT2D eigenvalue weighted by atomic mass is 9.96. The van der Waals surface area contributed by atoms with E-state index in [-0.39, 0.29) is 0 Å². The highest BCUT2D eigenvalue weighted by molar-refractivity contribution is 5.29. The summed E-state index contributed by atoms with van der Waals surface area (Å²) in [6.07, 6.45) is 4.63. The average molecular weight is 312 g/mol. The van der Waals surface area contributed by atoms with Crippen LogP contribution in [0.5, 0.6) is 0 Å². The normalized spacial score (nSPS) is 13.7. The molecule has 2 atom stereocenters. The van der Waals surface area contributed by atoms with Crippen molar-refractivity contribution in [3.05, 3.63) is 70.8 Å². The molecule has 2 unspecified atom stereocenters. The first-order valence-electron chi connectivity index (χ1n) is 8.61. The molecule has 0 amide bonds. The molecule has 2 rings (SSSR count). The van der Waals surface area contributed by atoms with Crippen molar-refractivity contribution in [3.63, 3.8) is 0 Å². The third-order valence-electron chi connectivity index (χ3n) is 4.40. The van der Waals surface area contributed by atoms with Crippen LogP contribution in [-0.2, 0) is 12.8 Å². The molecule has 2 N–H and O–H groups in total. The van der Waals surface area contributed by atoms with E-state index in [2.05, 4.69) is 12.1 Å². The summed E-state index contributed by atoms with van der Waals surface area (Å²) in [7, 11) is 0. The summed E-state index contributed by atoms with van der Waals surface area (Å²) in [5.41, 5.74) is 4.61. The molecule has 0 fully saturated rings. The minimum Gasteiger partial charge on any atom is -0.389 e. The number of hydrogen-bond acceptors (Lipinski definition) is 2. The second-order valence-electron chi connectivity index (χ2n) is 6.31. The number of benzene rings is 2. The fourth-order valence-corrected chi connectivity index (χ4v) is 3.15. The molecular formula is C21H28O2. The fraction of sp³-hybridized carbons (Fsp3) is 0.429. The zero-order valence-corrected chi connectivity index (χ0v) is 14.2. The molecule has 2 heteroatoms. The highest BCUT2D eigenvalue weighted by atomic mass is 16.3. The third kappa shape index (κ3) is 5.19. The van der Waals surface area contributed by atoms with Crippen molar-refractivity contribution in [3.8, 4) is 0 Å². The molecule has 0 saturated heterocycles. The fourth-order valence-electron chi connectivity index (χ4n) is 3.15. The summed E-state index contributed by atoms with van der Waals surface area (Å²) in [4.78, 5) is 0. The lowest BCUT2D eigenvalue weighted by Crippen LogP contribution is -2.00. The van der Waals surface area contributed by atoms with Gasteiger partial charge in [0.1, 0.15) is 0 Å². The summed E-state index contributed by atoms with van der Waals surface area (Å²) in [5.74, 6) is 0. The molecule has 23 heavy (non-hydrogen) atoms. The molecule has 0 aromatic heterocycles. The van der Waals surface area contributed by atoms with E-state index in [1.54, 1.807) is 0 Å². The molecule has 0 heterocycles. The summed E-state index contributed by atoms with van der Waals surface area (Å²) in [6.45, 7) is 3.65. The minimum atomic E-state index is -0.399. The lowest BCUT2D eigenvalue weighted by molar-refractivity contribution is 0.198. The van der Waals surface area contributed by atoms with Crippen molar-refractivity contribution < 1.29 is 10.2 Å². The Morgan fingerprint density at radius 2 is 1.04 bits per heavy atom. The Balaban J connectivity index is 1.81. The van der Waals surface area contributed by atoms with Crippen LogP contribution in [0.2, 0.25) is 0 Å². The van der Waals surface area contributed by atoms with E-state index in [4.69, 9.17) is 0 Å². The zero-order valence-electron chi connectivity index (χ0n) is 14.2. The summed E-state index contributed by atoms with van der Waals surface area (Å²) >= 11 is 0. The van der Waals surface area contributed by atoms with Crippen molar-refractivity contribution >= 4 is 0 Å². The van der Waals surface area contributed by atoms with Gasteiger partial charge in [0.2, 0.25) is 0 Å². The predicted octanol–water partition coefficient (Wildman–Crippen LogP) is 4.75. The van der Waals surface area contributed by atoms with Crippen LogP contribution in [0.25, 0.3) is 0 Å². The summed E-state index contributed by atoms with van der Waals surface area (Å²) in [5, 5.41) is 19.6. The first kappa shape index (κ1) is 17.7. The number of aliphatic hydroxyl groups is 2. The first-order valence-corrected chi connectivity index (χ1v) is 8.61. The highest BCUT2D eigenvalue weighted by Crippen LogP contribution is 2.21. The second kappa shape index (κ2) is 8.85. The lowest BCUT2D eigenvalue weighted by Gasteiger charge is -2.13. The number of hydrogen-bond donors (Lipinski definition) is 2. The van der Waals surface area contributed by atoms with Crippen molar-refractivity contribution in [1.82, 2.24) is 0 Å². The van der Waals surface area contributed by atoms with Gasteiger partial charge in [-0.2, -0.15) is 0 Å². The molecule has 0 radical (unpaired) electrons. The molecule has 2 aromatic rings. The van der Waals surface area contributed by atoms with Crippen molar-refractivity contribution in [1.29, 1.82) is 0 Å². The van der Waals surface area contributed by atoms with Crippen molar-refractivity contribution in [2.45, 2.75) is 58.2 Å². The van der Waals surface area contributed by atoms with E-state index in [1.807, 2.05) is 50.2 Å².